The molecule has 2 atom stereocenters. The summed E-state index contributed by atoms with van der Waals surface area (Å²) in [5, 5.41) is 19.8. The average molecular weight is 288 g/mol. The smallest absolute Gasteiger partial charge is 0.121 e. The number of halogens is 1. The summed E-state index contributed by atoms with van der Waals surface area (Å²) in [6.45, 7) is 7.96. The van der Waals surface area contributed by atoms with E-state index in [9.17, 15) is 10.2 Å². The van der Waals surface area contributed by atoms with E-state index in [4.69, 9.17) is 5.73 Å². The molecule has 1 aromatic rings. The van der Waals surface area contributed by atoms with Crippen LogP contribution in [0.15, 0.2) is 12.1 Å². The number of rotatable bonds is 5. The monoisotopic (exact) mass is 287 g/mol. The molecule has 0 bridgehead atoms. The number of aryl methyl sites for hydroxylation is 2. The first-order valence-electron chi connectivity index (χ1n) is 6.56. The van der Waals surface area contributed by atoms with Crippen LogP contribution < -0.4 is 5.73 Å². The summed E-state index contributed by atoms with van der Waals surface area (Å²) in [4.78, 5) is 0. The number of hydrogen-bond donors (Lipinski definition) is 3. The van der Waals surface area contributed by atoms with Crippen molar-refractivity contribution >= 4 is 12.4 Å². The van der Waals surface area contributed by atoms with Crippen LogP contribution in [0.4, 0.5) is 0 Å². The Balaban J connectivity index is 0.00000324. The zero-order valence-electron chi connectivity index (χ0n) is 12.2. The minimum Gasteiger partial charge on any atom is -0.507 e. The molecule has 4 heteroatoms. The van der Waals surface area contributed by atoms with E-state index in [0.29, 0.717) is 18.1 Å². The lowest BCUT2D eigenvalue weighted by molar-refractivity contribution is 0.128. The van der Waals surface area contributed by atoms with Crippen LogP contribution in [0.2, 0.25) is 0 Å². The highest BCUT2D eigenvalue weighted by Crippen LogP contribution is 2.27. The lowest BCUT2D eigenvalue weighted by atomic mass is 9.93. The van der Waals surface area contributed by atoms with Crippen molar-refractivity contribution in [2.45, 2.75) is 52.7 Å². The van der Waals surface area contributed by atoms with Crippen LogP contribution >= 0.6 is 12.4 Å². The molecule has 110 valence electrons. The third-order valence-electron chi connectivity index (χ3n) is 3.35. The molecule has 4 N–H and O–H groups in total. The number of phenolic OH excluding ortho intramolecular Hbond substituents is 1. The predicted octanol–water partition coefficient (Wildman–Crippen LogP) is 3.23. The van der Waals surface area contributed by atoms with Gasteiger partial charge in [-0.05, 0) is 49.3 Å². The van der Waals surface area contributed by atoms with E-state index in [1.807, 2.05) is 26.0 Å². The Bertz CT molecular complexity index is 384. The van der Waals surface area contributed by atoms with Gasteiger partial charge in [-0.2, -0.15) is 0 Å². The van der Waals surface area contributed by atoms with E-state index in [2.05, 4.69) is 13.8 Å². The minimum atomic E-state index is -0.532. The number of aliphatic hydroxyl groups excluding tert-OH is 1. The van der Waals surface area contributed by atoms with Crippen LogP contribution in [0.25, 0.3) is 0 Å². The molecule has 0 saturated heterocycles. The second kappa shape index (κ2) is 7.73. The molecule has 0 saturated carbocycles. The number of aliphatic hydroxyl groups is 1. The van der Waals surface area contributed by atoms with E-state index in [1.54, 1.807) is 0 Å². The molecule has 3 nitrogen and oxygen atoms in total. The van der Waals surface area contributed by atoms with E-state index >= 15 is 0 Å². The van der Waals surface area contributed by atoms with Crippen LogP contribution in [0, 0.1) is 19.8 Å². The Kier molecular flexibility index (Phi) is 7.42. The summed E-state index contributed by atoms with van der Waals surface area (Å²) in [5.74, 6) is 0.873. The van der Waals surface area contributed by atoms with Crippen LogP contribution in [0.5, 0.6) is 5.75 Å². The molecule has 0 radical (unpaired) electrons. The molecule has 0 aliphatic carbocycles. The third-order valence-corrected chi connectivity index (χ3v) is 3.35. The molecule has 1 rings (SSSR count). The van der Waals surface area contributed by atoms with Gasteiger partial charge < -0.3 is 15.9 Å². The van der Waals surface area contributed by atoms with Crippen LogP contribution in [-0.4, -0.2) is 16.3 Å². The quantitative estimate of drug-likeness (QED) is 0.779. The fourth-order valence-corrected chi connectivity index (χ4v) is 2.09. The number of hydrogen-bond acceptors (Lipinski definition) is 3. The second-order valence-corrected chi connectivity index (χ2v) is 5.57. The minimum absolute atomic E-state index is 0. The highest BCUT2D eigenvalue weighted by atomic mass is 35.5. The first-order valence-corrected chi connectivity index (χ1v) is 6.56. The Hall–Kier alpha value is -0.770. The van der Waals surface area contributed by atoms with Crippen molar-refractivity contribution in [1.82, 2.24) is 0 Å². The maximum Gasteiger partial charge on any atom is 0.121 e. The Morgan fingerprint density at radius 3 is 2.00 bits per heavy atom. The van der Waals surface area contributed by atoms with Crippen molar-refractivity contribution in [1.29, 1.82) is 0 Å². The van der Waals surface area contributed by atoms with E-state index in [1.165, 1.54) is 0 Å². The molecule has 0 heterocycles. The summed E-state index contributed by atoms with van der Waals surface area (Å²) >= 11 is 0. The standard InChI is InChI=1S/C15H25NO2.ClH/c1-9(2)5-6-13(17)14(16)12-7-10(3)15(18)11(4)8-12;/h7-9,13-14,17-18H,5-6,16H2,1-4H3;1H/t13-,14+;/m1./s1. The van der Waals surface area contributed by atoms with Gasteiger partial charge in [0.25, 0.3) is 0 Å². The zero-order chi connectivity index (χ0) is 13.9. The lowest BCUT2D eigenvalue weighted by Crippen LogP contribution is -2.26. The van der Waals surface area contributed by atoms with E-state index in [0.717, 1.165) is 23.1 Å². The van der Waals surface area contributed by atoms with Crippen molar-refractivity contribution in [3.63, 3.8) is 0 Å². The maximum absolute atomic E-state index is 10.1. The first kappa shape index (κ1) is 18.2. The molecule has 19 heavy (non-hydrogen) atoms. The molecule has 0 unspecified atom stereocenters. The fourth-order valence-electron chi connectivity index (χ4n) is 2.09. The summed E-state index contributed by atoms with van der Waals surface area (Å²) in [6, 6.07) is 3.32. The fraction of sp³-hybridized carbons (Fsp3) is 0.600. The lowest BCUT2D eigenvalue weighted by Gasteiger charge is -2.21. The Labute approximate surface area is 122 Å². The average Bonchev–Trinajstić information content (AvgIpc) is 2.31. The van der Waals surface area contributed by atoms with Crippen LogP contribution in [-0.2, 0) is 0 Å². The number of benzene rings is 1. The van der Waals surface area contributed by atoms with E-state index in [-0.39, 0.29) is 18.4 Å². The predicted molar refractivity (Wildman–Crippen MR) is 81.8 cm³/mol. The SMILES string of the molecule is Cc1cc([C@H](N)[C@H](O)CCC(C)C)cc(C)c1O.Cl. The van der Waals surface area contributed by atoms with Gasteiger partial charge in [0.2, 0.25) is 0 Å². The summed E-state index contributed by atoms with van der Waals surface area (Å²) < 4.78 is 0. The molecule has 0 amide bonds. The molecular formula is C15H26ClNO2. The summed E-state index contributed by atoms with van der Waals surface area (Å²) in [7, 11) is 0. The van der Waals surface area contributed by atoms with Crippen molar-refractivity contribution in [2.75, 3.05) is 0 Å². The third kappa shape index (κ3) is 5.01. The molecular weight excluding hydrogens is 262 g/mol. The van der Waals surface area contributed by atoms with Gasteiger partial charge in [-0.15, -0.1) is 12.4 Å². The van der Waals surface area contributed by atoms with Crippen molar-refractivity contribution < 1.29 is 10.2 Å². The maximum atomic E-state index is 10.1. The highest BCUT2D eigenvalue weighted by Gasteiger charge is 2.18. The van der Waals surface area contributed by atoms with Gasteiger partial charge in [0, 0.05) is 0 Å². The van der Waals surface area contributed by atoms with Gasteiger partial charge in [-0.25, -0.2) is 0 Å². The molecule has 0 aliphatic rings. The highest BCUT2D eigenvalue weighted by molar-refractivity contribution is 5.85. The summed E-state index contributed by atoms with van der Waals surface area (Å²) in [6.07, 6.45) is 1.14. The number of aromatic hydroxyl groups is 1. The largest absolute Gasteiger partial charge is 0.507 e. The summed E-state index contributed by atoms with van der Waals surface area (Å²) in [5.41, 5.74) is 8.57. The number of nitrogens with two attached hydrogens (primary N) is 1. The molecule has 0 aliphatic heterocycles. The van der Waals surface area contributed by atoms with Crippen molar-refractivity contribution in [3.05, 3.63) is 28.8 Å². The van der Waals surface area contributed by atoms with Gasteiger partial charge in [-0.3, -0.25) is 0 Å². The van der Waals surface area contributed by atoms with Crippen LogP contribution in [0.1, 0.15) is 49.4 Å². The van der Waals surface area contributed by atoms with Crippen molar-refractivity contribution in [3.8, 4) is 5.75 Å². The second-order valence-electron chi connectivity index (χ2n) is 5.57. The topological polar surface area (TPSA) is 66.5 Å². The molecule has 0 spiro atoms. The number of phenols is 1. The van der Waals surface area contributed by atoms with Gasteiger partial charge in [0.1, 0.15) is 5.75 Å². The van der Waals surface area contributed by atoms with Gasteiger partial charge >= 0.3 is 0 Å². The Morgan fingerprint density at radius 1 is 1.11 bits per heavy atom. The van der Waals surface area contributed by atoms with Gasteiger partial charge in [0.15, 0.2) is 0 Å². The zero-order valence-corrected chi connectivity index (χ0v) is 13.0. The normalized spacial score (nSPS) is 14.1. The van der Waals surface area contributed by atoms with Crippen LogP contribution in [0.3, 0.4) is 0 Å². The Morgan fingerprint density at radius 2 is 1.58 bits per heavy atom. The molecule has 1 aromatic carbocycles. The molecule has 0 fully saturated rings. The van der Waals surface area contributed by atoms with Gasteiger partial charge in [-0.1, -0.05) is 26.0 Å². The first-order chi connectivity index (χ1) is 8.32. The van der Waals surface area contributed by atoms with Crippen molar-refractivity contribution in [2.24, 2.45) is 11.7 Å². The van der Waals surface area contributed by atoms with E-state index < -0.39 is 6.10 Å². The van der Waals surface area contributed by atoms with Gasteiger partial charge in [0.05, 0.1) is 12.1 Å². The molecule has 0 aromatic heterocycles.